The van der Waals surface area contributed by atoms with Crippen LogP contribution in [0.2, 0.25) is 0 Å². The minimum Gasteiger partial charge on any atom is -0.496 e. The summed E-state index contributed by atoms with van der Waals surface area (Å²) in [6.07, 6.45) is 1.37. The van der Waals surface area contributed by atoms with Crippen molar-refractivity contribution in [2.24, 2.45) is 0 Å². The zero-order valence-electron chi connectivity index (χ0n) is 11.6. The molecule has 0 saturated heterocycles. The Morgan fingerprint density at radius 1 is 1.35 bits per heavy atom. The van der Waals surface area contributed by atoms with Crippen LogP contribution in [0.1, 0.15) is 42.1 Å². The Labute approximate surface area is 117 Å². The SMILES string of the molecule is CC[C@H](Oc1ccc(OC)c2c1C(=O)CCC2)C(=O)O. The van der Waals surface area contributed by atoms with E-state index in [0.717, 1.165) is 18.4 Å². The number of carboxylic acid groups (broad SMARTS) is 1. The third-order valence-corrected chi connectivity index (χ3v) is 3.48. The van der Waals surface area contributed by atoms with E-state index in [0.29, 0.717) is 29.9 Å². The fraction of sp³-hybridized carbons (Fsp3) is 0.467. The van der Waals surface area contributed by atoms with Crippen LogP contribution in [0.4, 0.5) is 0 Å². The van der Waals surface area contributed by atoms with Gasteiger partial charge >= 0.3 is 5.97 Å². The largest absolute Gasteiger partial charge is 0.496 e. The number of benzene rings is 1. The summed E-state index contributed by atoms with van der Waals surface area (Å²) < 4.78 is 10.8. The quantitative estimate of drug-likeness (QED) is 0.895. The smallest absolute Gasteiger partial charge is 0.344 e. The van der Waals surface area contributed by atoms with Gasteiger partial charge in [0.2, 0.25) is 0 Å². The van der Waals surface area contributed by atoms with Gasteiger partial charge < -0.3 is 14.6 Å². The molecule has 0 unspecified atom stereocenters. The molecule has 5 heteroatoms. The molecule has 0 aromatic heterocycles. The minimum atomic E-state index is -1.03. The molecule has 2 rings (SSSR count). The van der Waals surface area contributed by atoms with Crippen molar-refractivity contribution in [2.45, 2.75) is 38.7 Å². The third-order valence-electron chi connectivity index (χ3n) is 3.48. The number of ether oxygens (including phenoxy) is 2. The second-order valence-electron chi connectivity index (χ2n) is 4.75. The van der Waals surface area contributed by atoms with Gasteiger partial charge in [-0.3, -0.25) is 4.79 Å². The molecule has 0 fully saturated rings. The van der Waals surface area contributed by atoms with Gasteiger partial charge in [-0.05, 0) is 31.4 Å². The van der Waals surface area contributed by atoms with Crippen LogP contribution >= 0.6 is 0 Å². The van der Waals surface area contributed by atoms with E-state index in [-0.39, 0.29) is 5.78 Å². The van der Waals surface area contributed by atoms with Crippen LogP contribution in [0.3, 0.4) is 0 Å². The minimum absolute atomic E-state index is 0.0135. The first-order chi connectivity index (χ1) is 9.58. The standard InChI is InChI=1S/C15H18O5/c1-3-11(15(17)18)20-13-8-7-12(19-2)9-5-4-6-10(16)14(9)13/h7-8,11H,3-6H2,1-2H3,(H,17,18)/t11-/m0/s1. The molecule has 1 aliphatic carbocycles. The fourth-order valence-corrected chi connectivity index (χ4v) is 2.46. The van der Waals surface area contributed by atoms with Crippen molar-refractivity contribution in [1.29, 1.82) is 0 Å². The van der Waals surface area contributed by atoms with Gasteiger partial charge in [0.25, 0.3) is 0 Å². The fourth-order valence-electron chi connectivity index (χ4n) is 2.46. The number of rotatable bonds is 5. The maximum Gasteiger partial charge on any atom is 0.344 e. The van der Waals surface area contributed by atoms with Gasteiger partial charge in [-0.1, -0.05) is 6.92 Å². The van der Waals surface area contributed by atoms with Crippen LogP contribution in [0.15, 0.2) is 12.1 Å². The molecular weight excluding hydrogens is 260 g/mol. The van der Waals surface area contributed by atoms with Crippen LogP contribution in [0.25, 0.3) is 0 Å². The molecule has 0 aliphatic heterocycles. The highest BCUT2D eigenvalue weighted by atomic mass is 16.5. The van der Waals surface area contributed by atoms with E-state index in [1.165, 1.54) is 0 Å². The maximum absolute atomic E-state index is 12.1. The first-order valence-electron chi connectivity index (χ1n) is 6.71. The monoisotopic (exact) mass is 278 g/mol. The number of aliphatic carboxylic acids is 1. The molecular formula is C15H18O5. The lowest BCUT2D eigenvalue weighted by atomic mass is 9.89. The number of methoxy groups -OCH3 is 1. The molecule has 1 aliphatic rings. The number of ketones is 1. The highest BCUT2D eigenvalue weighted by molar-refractivity contribution is 6.01. The van der Waals surface area contributed by atoms with Crippen LogP contribution in [0.5, 0.6) is 11.5 Å². The van der Waals surface area contributed by atoms with Gasteiger partial charge in [0, 0.05) is 12.0 Å². The number of Topliss-reactive ketones (excluding diaryl/α,β-unsaturated/α-hetero) is 1. The van der Waals surface area contributed by atoms with E-state index < -0.39 is 12.1 Å². The summed E-state index contributed by atoms with van der Waals surface area (Å²) in [6.45, 7) is 1.73. The zero-order chi connectivity index (χ0) is 14.7. The van der Waals surface area contributed by atoms with Crippen LogP contribution < -0.4 is 9.47 Å². The Morgan fingerprint density at radius 3 is 2.65 bits per heavy atom. The van der Waals surface area contributed by atoms with Crippen molar-refractivity contribution in [3.63, 3.8) is 0 Å². The van der Waals surface area contributed by atoms with Gasteiger partial charge in [-0.2, -0.15) is 0 Å². The highest BCUT2D eigenvalue weighted by Crippen LogP contribution is 2.36. The van der Waals surface area contributed by atoms with Crippen molar-refractivity contribution in [3.05, 3.63) is 23.3 Å². The topological polar surface area (TPSA) is 72.8 Å². The van der Waals surface area contributed by atoms with E-state index in [1.807, 2.05) is 0 Å². The maximum atomic E-state index is 12.1. The summed E-state index contributed by atoms with van der Waals surface area (Å²) in [5.74, 6) is -0.0377. The molecule has 0 bridgehead atoms. The summed E-state index contributed by atoms with van der Waals surface area (Å²) >= 11 is 0. The van der Waals surface area contributed by atoms with Gasteiger partial charge in [0.1, 0.15) is 11.5 Å². The van der Waals surface area contributed by atoms with Crippen molar-refractivity contribution < 1.29 is 24.2 Å². The zero-order valence-corrected chi connectivity index (χ0v) is 11.6. The number of carbonyl (C=O) groups excluding carboxylic acids is 1. The average molecular weight is 278 g/mol. The molecule has 5 nitrogen and oxygen atoms in total. The molecule has 0 saturated carbocycles. The molecule has 108 valence electrons. The molecule has 0 spiro atoms. The number of carbonyl (C=O) groups is 2. The van der Waals surface area contributed by atoms with Gasteiger partial charge in [-0.15, -0.1) is 0 Å². The highest BCUT2D eigenvalue weighted by Gasteiger charge is 2.27. The van der Waals surface area contributed by atoms with E-state index in [1.54, 1.807) is 26.2 Å². The van der Waals surface area contributed by atoms with Crippen LogP contribution in [-0.4, -0.2) is 30.1 Å². The predicted octanol–water partition coefficient (Wildman–Crippen LogP) is 2.46. The van der Waals surface area contributed by atoms with Crippen LogP contribution in [0, 0.1) is 0 Å². The third kappa shape index (κ3) is 2.61. The molecule has 20 heavy (non-hydrogen) atoms. The number of hydrogen-bond acceptors (Lipinski definition) is 4. The first-order valence-corrected chi connectivity index (χ1v) is 6.71. The van der Waals surface area contributed by atoms with Gasteiger partial charge in [0.05, 0.1) is 12.7 Å². The number of hydrogen-bond donors (Lipinski definition) is 1. The number of carboxylic acids is 1. The lowest BCUT2D eigenvalue weighted by Gasteiger charge is -2.22. The Bertz CT molecular complexity index is 535. The van der Waals surface area contributed by atoms with Crippen molar-refractivity contribution in [1.82, 2.24) is 0 Å². The second-order valence-corrected chi connectivity index (χ2v) is 4.75. The summed E-state index contributed by atoms with van der Waals surface area (Å²) in [7, 11) is 1.56. The van der Waals surface area contributed by atoms with Gasteiger partial charge in [0.15, 0.2) is 11.9 Å². The molecule has 1 aromatic rings. The Morgan fingerprint density at radius 2 is 2.05 bits per heavy atom. The molecule has 0 radical (unpaired) electrons. The summed E-state index contributed by atoms with van der Waals surface area (Å²) in [6, 6.07) is 3.34. The molecule has 0 amide bonds. The van der Waals surface area contributed by atoms with Gasteiger partial charge in [-0.25, -0.2) is 4.79 Å². The lowest BCUT2D eigenvalue weighted by molar-refractivity contribution is -0.145. The van der Waals surface area contributed by atoms with Crippen molar-refractivity contribution in [3.8, 4) is 11.5 Å². The Balaban J connectivity index is 2.44. The predicted molar refractivity (Wildman–Crippen MR) is 72.6 cm³/mol. The number of fused-ring (bicyclic) bond motifs is 1. The summed E-state index contributed by atoms with van der Waals surface area (Å²) in [5, 5.41) is 9.07. The van der Waals surface area contributed by atoms with E-state index >= 15 is 0 Å². The molecule has 1 N–H and O–H groups in total. The van der Waals surface area contributed by atoms with Crippen molar-refractivity contribution in [2.75, 3.05) is 7.11 Å². The Kier molecular flexibility index (Phi) is 4.27. The Hall–Kier alpha value is -2.04. The lowest BCUT2D eigenvalue weighted by Crippen LogP contribution is -2.27. The van der Waals surface area contributed by atoms with Crippen molar-refractivity contribution >= 4 is 11.8 Å². The first kappa shape index (κ1) is 14.4. The van der Waals surface area contributed by atoms with Crippen LogP contribution in [-0.2, 0) is 11.2 Å². The molecule has 0 heterocycles. The summed E-state index contributed by atoms with van der Waals surface area (Å²) in [5.41, 5.74) is 1.30. The second kappa shape index (κ2) is 5.94. The normalized spacial score (nSPS) is 15.4. The van der Waals surface area contributed by atoms with E-state index in [4.69, 9.17) is 14.6 Å². The van der Waals surface area contributed by atoms with E-state index in [2.05, 4.69) is 0 Å². The molecule has 1 aromatic carbocycles. The molecule has 1 atom stereocenters. The summed E-state index contributed by atoms with van der Waals surface area (Å²) in [4.78, 5) is 23.2. The van der Waals surface area contributed by atoms with E-state index in [9.17, 15) is 9.59 Å². The average Bonchev–Trinajstić information content (AvgIpc) is 2.44.